The van der Waals surface area contributed by atoms with Crippen molar-refractivity contribution in [2.45, 2.75) is 30.7 Å². The van der Waals surface area contributed by atoms with E-state index in [0.29, 0.717) is 23.7 Å². The van der Waals surface area contributed by atoms with Crippen molar-refractivity contribution >= 4 is 33.2 Å². The first-order valence-corrected chi connectivity index (χ1v) is 8.63. The van der Waals surface area contributed by atoms with Crippen molar-refractivity contribution in [2.75, 3.05) is 13.1 Å². The summed E-state index contributed by atoms with van der Waals surface area (Å²) in [5, 5.41) is 2.12. The van der Waals surface area contributed by atoms with E-state index < -0.39 is 10.0 Å². The highest BCUT2D eigenvalue weighted by atomic mass is 35.5. The molecular formula is C12H17Cl2N3O2S. The first-order chi connectivity index (χ1) is 9.44. The molecule has 0 bridgehead atoms. The molecule has 1 aliphatic rings. The molecule has 0 amide bonds. The summed E-state index contributed by atoms with van der Waals surface area (Å²) < 4.78 is 24.8. The molecule has 0 spiro atoms. The van der Waals surface area contributed by atoms with Crippen LogP contribution in [0.2, 0.25) is 10.0 Å². The number of hydrogen-bond acceptors (Lipinski definition) is 4. The van der Waals surface area contributed by atoms with Gasteiger partial charge in [-0.05, 0) is 30.5 Å². The average molecular weight is 338 g/mol. The maximum atomic E-state index is 12.4. The average Bonchev–Trinajstić information content (AvgIpc) is 2.41. The molecule has 1 aromatic carbocycles. The van der Waals surface area contributed by atoms with Gasteiger partial charge in [-0.2, -0.15) is 0 Å². The van der Waals surface area contributed by atoms with Gasteiger partial charge in [-0.1, -0.05) is 29.6 Å². The summed E-state index contributed by atoms with van der Waals surface area (Å²) in [6, 6.07) is 2.92. The molecule has 0 saturated carbocycles. The molecule has 2 rings (SSSR count). The van der Waals surface area contributed by atoms with Crippen LogP contribution in [0.1, 0.15) is 24.8 Å². The molecule has 0 unspecified atom stereocenters. The van der Waals surface area contributed by atoms with Crippen molar-refractivity contribution < 1.29 is 8.42 Å². The third-order valence-electron chi connectivity index (χ3n) is 3.19. The van der Waals surface area contributed by atoms with Crippen LogP contribution in [-0.2, 0) is 16.6 Å². The number of sulfonamides is 1. The largest absolute Gasteiger partial charge is 0.326 e. The first kappa shape index (κ1) is 16.0. The maximum absolute atomic E-state index is 12.4. The number of nitrogens with one attached hydrogen (secondary N) is 1. The van der Waals surface area contributed by atoms with E-state index >= 15 is 0 Å². The molecule has 0 radical (unpaired) electrons. The van der Waals surface area contributed by atoms with Crippen LogP contribution >= 0.6 is 23.2 Å². The monoisotopic (exact) mass is 337 g/mol. The number of rotatable bonds is 4. The summed E-state index contributed by atoms with van der Waals surface area (Å²) >= 11 is 12.0. The molecule has 1 aliphatic heterocycles. The van der Waals surface area contributed by atoms with Gasteiger partial charge >= 0.3 is 0 Å². The second-order valence-corrected chi connectivity index (χ2v) is 7.17. The highest BCUT2D eigenvalue weighted by molar-refractivity contribution is 7.89. The summed E-state index contributed by atoms with van der Waals surface area (Å²) in [6.45, 7) is 1.52. The second-order valence-electron chi connectivity index (χ2n) is 4.72. The Labute approximate surface area is 129 Å². The Bertz CT molecular complexity index is 587. The highest BCUT2D eigenvalue weighted by Crippen LogP contribution is 2.29. The van der Waals surface area contributed by atoms with E-state index in [9.17, 15) is 8.42 Å². The van der Waals surface area contributed by atoms with E-state index in [-0.39, 0.29) is 16.5 Å². The van der Waals surface area contributed by atoms with E-state index in [4.69, 9.17) is 28.9 Å². The van der Waals surface area contributed by atoms with Gasteiger partial charge in [0.2, 0.25) is 0 Å². The molecule has 1 aromatic rings. The van der Waals surface area contributed by atoms with Crippen LogP contribution in [0.5, 0.6) is 0 Å². The quantitative estimate of drug-likeness (QED) is 0.882. The van der Waals surface area contributed by atoms with Crippen molar-refractivity contribution in [3.8, 4) is 0 Å². The maximum Gasteiger partial charge on any atom is 0.255 e. The number of nitrogens with zero attached hydrogens (tertiary/aromatic N) is 1. The van der Waals surface area contributed by atoms with Crippen LogP contribution in [0.4, 0.5) is 0 Å². The molecule has 112 valence electrons. The summed E-state index contributed by atoms with van der Waals surface area (Å²) in [5.41, 5.74) is 6.06. The van der Waals surface area contributed by atoms with Gasteiger partial charge in [0.15, 0.2) is 0 Å². The summed E-state index contributed by atoms with van der Waals surface area (Å²) in [6.07, 6.45) is 3.06. The fourth-order valence-corrected chi connectivity index (χ4v) is 4.23. The molecule has 0 aliphatic carbocycles. The molecule has 1 saturated heterocycles. The molecule has 1 heterocycles. The van der Waals surface area contributed by atoms with Crippen molar-refractivity contribution in [2.24, 2.45) is 5.73 Å². The number of hydrogen-bond donors (Lipinski definition) is 2. The molecule has 5 nitrogen and oxygen atoms in total. The van der Waals surface area contributed by atoms with Gasteiger partial charge in [0.05, 0.1) is 5.02 Å². The molecule has 1 fully saturated rings. The summed E-state index contributed by atoms with van der Waals surface area (Å²) in [5.74, 6) is 0. The Morgan fingerprint density at radius 3 is 2.45 bits per heavy atom. The van der Waals surface area contributed by atoms with E-state index in [1.54, 1.807) is 11.1 Å². The van der Waals surface area contributed by atoms with Gasteiger partial charge < -0.3 is 5.73 Å². The Balaban J connectivity index is 2.31. The van der Waals surface area contributed by atoms with Gasteiger partial charge in [0.25, 0.3) is 10.0 Å². The zero-order valence-electron chi connectivity index (χ0n) is 10.9. The Morgan fingerprint density at radius 2 is 1.85 bits per heavy atom. The minimum atomic E-state index is -3.74. The fraction of sp³-hybridized carbons (Fsp3) is 0.500. The minimum absolute atomic E-state index is 0.0299. The number of hydrazine groups is 1. The minimum Gasteiger partial charge on any atom is -0.326 e. The molecule has 20 heavy (non-hydrogen) atoms. The van der Waals surface area contributed by atoms with Crippen LogP contribution < -0.4 is 10.6 Å². The van der Waals surface area contributed by atoms with Crippen molar-refractivity contribution in [3.63, 3.8) is 0 Å². The van der Waals surface area contributed by atoms with Crippen LogP contribution in [0.15, 0.2) is 17.0 Å². The van der Waals surface area contributed by atoms with Crippen LogP contribution in [-0.4, -0.2) is 26.5 Å². The Morgan fingerprint density at radius 1 is 1.20 bits per heavy atom. The number of piperidine rings is 1. The molecule has 8 heteroatoms. The van der Waals surface area contributed by atoms with Crippen LogP contribution in [0.3, 0.4) is 0 Å². The fourth-order valence-electron chi connectivity index (χ4n) is 2.17. The van der Waals surface area contributed by atoms with E-state index in [2.05, 4.69) is 4.83 Å². The van der Waals surface area contributed by atoms with Gasteiger partial charge in [-0.15, -0.1) is 4.83 Å². The van der Waals surface area contributed by atoms with Gasteiger partial charge in [-0.3, -0.25) is 0 Å². The predicted octanol–water partition coefficient (Wildman–Crippen LogP) is 2.13. The standard InChI is InChI=1S/C12H17Cl2N3O2S/c13-10-6-9(8-15)12(14)11(7-10)20(18,19)16-17-4-2-1-3-5-17/h6-7,16H,1-5,8,15H2. The van der Waals surface area contributed by atoms with Crippen molar-refractivity contribution in [1.82, 2.24) is 9.84 Å². The Hall–Kier alpha value is -0.370. The van der Waals surface area contributed by atoms with Gasteiger partial charge in [-0.25, -0.2) is 13.4 Å². The van der Waals surface area contributed by atoms with Crippen LogP contribution in [0, 0.1) is 0 Å². The zero-order valence-corrected chi connectivity index (χ0v) is 13.2. The normalized spacial score (nSPS) is 17.4. The molecular weight excluding hydrogens is 321 g/mol. The predicted molar refractivity (Wildman–Crippen MR) is 80.1 cm³/mol. The summed E-state index contributed by atoms with van der Waals surface area (Å²) in [7, 11) is -3.74. The van der Waals surface area contributed by atoms with Crippen molar-refractivity contribution in [3.05, 3.63) is 27.7 Å². The van der Waals surface area contributed by atoms with Crippen molar-refractivity contribution in [1.29, 1.82) is 0 Å². The van der Waals surface area contributed by atoms with Crippen LogP contribution in [0.25, 0.3) is 0 Å². The van der Waals surface area contributed by atoms with Gasteiger partial charge in [0.1, 0.15) is 4.90 Å². The molecule has 0 aromatic heterocycles. The lowest BCUT2D eigenvalue weighted by Gasteiger charge is -2.26. The zero-order chi connectivity index (χ0) is 14.8. The smallest absolute Gasteiger partial charge is 0.255 e. The van der Waals surface area contributed by atoms with E-state index in [1.807, 2.05) is 0 Å². The van der Waals surface area contributed by atoms with E-state index in [0.717, 1.165) is 19.3 Å². The first-order valence-electron chi connectivity index (χ1n) is 6.39. The summed E-state index contributed by atoms with van der Waals surface area (Å²) in [4.78, 5) is 2.52. The van der Waals surface area contributed by atoms with Gasteiger partial charge in [0, 0.05) is 24.7 Å². The lowest BCUT2D eigenvalue weighted by atomic mass is 10.2. The SMILES string of the molecule is NCc1cc(Cl)cc(S(=O)(=O)NN2CCCCC2)c1Cl. The number of nitrogens with two attached hydrogens (primary N) is 1. The lowest BCUT2D eigenvalue weighted by Crippen LogP contribution is -2.45. The third-order valence-corrected chi connectivity index (χ3v) is 5.37. The topological polar surface area (TPSA) is 75.4 Å². The third kappa shape index (κ3) is 3.63. The highest BCUT2D eigenvalue weighted by Gasteiger charge is 2.24. The lowest BCUT2D eigenvalue weighted by molar-refractivity contribution is 0.200. The second kappa shape index (κ2) is 6.60. The number of benzene rings is 1. The van der Waals surface area contributed by atoms with E-state index in [1.165, 1.54) is 6.07 Å². The molecule has 0 atom stereocenters. The molecule has 3 N–H and O–H groups in total. The Kier molecular flexibility index (Phi) is 5.28. The number of halogens is 2.